The molecule has 1 aromatic heterocycles. The van der Waals surface area contributed by atoms with E-state index in [0.29, 0.717) is 13.2 Å². The van der Waals surface area contributed by atoms with E-state index < -0.39 is 0 Å². The number of ether oxygens (including phenoxy) is 1. The molecule has 156 valence electrons. The van der Waals surface area contributed by atoms with Crippen molar-refractivity contribution in [3.63, 3.8) is 0 Å². The molecule has 0 aliphatic heterocycles. The van der Waals surface area contributed by atoms with Crippen molar-refractivity contribution in [2.75, 3.05) is 6.61 Å². The standard InChI is InChI=1S/C25H23N3O3/c1-18-9-5-8-14-22(18)31-16-15-28-21-13-7-6-12-20(21)24(25(28)30)27-26-23(29)17-19-10-3-2-4-11-19/h2-14,30H,15-17H2,1H3. The normalized spacial score (nSPS) is 11.3. The molecule has 4 aromatic rings. The van der Waals surface area contributed by atoms with Gasteiger partial charge in [0.05, 0.1) is 18.5 Å². The molecular weight excluding hydrogens is 390 g/mol. The summed E-state index contributed by atoms with van der Waals surface area (Å²) in [6.45, 7) is 2.79. The molecule has 0 radical (unpaired) electrons. The molecule has 1 heterocycles. The van der Waals surface area contributed by atoms with E-state index >= 15 is 0 Å². The van der Waals surface area contributed by atoms with Crippen LogP contribution >= 0.6 is 0 Å². The first-order valence-corrected chi connectivity index (χ1v) is 10.1. The number of amides is 1. The molecule has 0 saturated carbocycles. The van der Waals surface area contributed by atoms with Crippen LogP contribution in [0.3, 0.4) is 0 Å². The summed E-state index contributed by atoms with van der Waals surface area (Å²) < 4.78 is 7.60. The van der Waals surface area contributed by atoms with E-state index in [-0.39, 0.29) is 23.9 Å². The van der Waals surface area contributed by atoms with E-state index in [1.165, 1.54) is 0 Å². The minimum atomic E-state index is -0.370. The summed E-state index contributed by atoms with van der Waals surface area (Å²) in [5.74, 6) is 0.404. The summed E-state index contributed by atoms with van der Waals surface area (Å²) in [6.07, 6.45) is 0.161. The molecule has 31 heavy (non-hydrogen) atoms. The topological polar surface area (TPSA) is 76.2 Å². The van der Waals surface area contributed by atoms with Crippen LogP contribution in [-0.4, -0.2) is 22.2 Å². The van der Waals surface area contributed by atoms with Crippen LogP contribution in [-0.2, 0) is 17.8 Å². The Kier molecular flexibility index (Phi) is 6.08. The fraction of sp³-hybridized carbons (Fsp3) is 0.160. The molecule has 6 nitrogen and oxygen atoms in total. The number of hydrogen-bond donors (Lipinski definition) is 1. The van der Waals surface area contributed by atoms with Gasteiger partial charge in [-0.15, -0.1) is 10.2 Å². The molecule has 0 aliphatic carbocycles. The Hall–Kier alpha value is -3.93. The zero-order valence-corrected chi connectivity index (χ0v) is 17.2. The van der Waals surface area contributed by atoms with Gasteiger partial charge in [-0.2, -0.15) is 0 Å². The average molecular weight is 413 g/mol. The Labute approximate surface area is 180 Å². The van der Waals surface area contributed by atoms with Crippen LogP contribution in [0.15, 0.2) is 89.1 Å². The maximum atomic E-state index is 12.2. The number of nitrogens with zero attached hydrogens (tertiary/aromatic N) is 3. The van der Waals surface area contributed by atoms with Gasteiger partial charge < -0.3 is 14.4 Å². The zero-order chi connectivity index (χ0) is 21.6. The zero-order valence-electron chi connectivity index (χ0n) is 17.2. The van der Waals surface area contributed by atoms with Crippen molar-refractivity contribution in [1.29, 1.82) is 0 Å². The van der Waals surface area contributed by atoms with E-state index in [9.17, 15) is 9.90 Å². The lowest BCUT2D eigenvalue weighted by Crippen LogP contribution is -2.08. The van der Waals surface area contributed by atoms with Gasteiger partial charge >= 0.3 is 0 Å². The first-order chi connectivity index (χ1) is 15.1. The van der Waals surface area contributed by atoms with Crippen LogP contribution in [0.2, 0.25) is 0 Å². The first kappa shape index (κ1) is 20.3. The molecule has 6 heteroatoms. The van der Waals surface area contributed by atoms with Crippen molar-refractivity contribution >= 4 is 22.5 Å². The maximum Gasteiger partial charge on any atom is 0.269 e. The van der Waals surface area contributed by atoms with Crippen LogP contribution in [0.25, 0.3) is 10.9 Å². The highest BCUT2D eigenvalue weighted by atomic mass is 16.5. The number of carbonyl (C=O) groups is 1. The second-order valence-corrected chi connectivity index (χ2v) is 7.21. The van der Waals surface area contributed by atoms with Gasteiger partial charge in [0.25, 0.3) is 5.91 Å². The van der Waals surface area contributed by atoms with Crippen LogP contribution in [0.4, 0.5) is 5.69 Å². The van der Waals surface area contributed by atoms with Gasteiger partial charge in [0.15, 0.2) is 5.69 Å². The number of aromatic hydroxyl groups is 1. The maximum absolute atomic E-state index is 12.2. The van der Waals surface area contributed by atoms with Crippen LogP contribution in [0.1, 0.15) is 11.1 Å². The van der Waals surface area contributed by atoms with E-state index in [0.717, 1.165) is 27.8 Å². The summed E-state index contributed by atoms with van der Waals surface area (Å²) in [4.78, 5) is 12.2. The summed E-state index contributed by atoms with van der Waals surface area (Å²) in [5, 5.41) is 19.5. The Morgan fingerprint density at radius 2 is 1.68 bits per heavy atom. The van der Waals surface area contributed by atoms with Crippen molar-refractivity contribution in [2.45, 2.75) is 19.9 Å². The summed E-state index contributed by atoms with van der Waals surface area (Å²) in [7, 11) is 0. The van der Waals surface area contributed by atoms with E-state index in [4.69, 9.17) is 4.74 Å². The fourth-order valence-corrected chi connectivity index (χ4v) is 3.47. The molecule has 0 spiro atoms. The number of azo groups is 1. The number of carbonyl (C=O) groups excluding carboxylic acids is 1. The molecule has 0 atom stereocenters. The lowest BCUT2D eigenvalue weighted by atomic mass is 10.1. The van der Waals surface area contributed by atoms with Gasteiger partial charge in [-0.1, -0.05) is 66.7 Å². The number of aromatic nitrogens is 1. The van der Waals surface area contributed by atoms with Gasteiger partial charge in [0, 0.05) is 5.39 Å². The number of hydrogen-bond acceptors (Lipinski definition) is 4. The van der Waals surface area contributed by atoms with Crippen molar-refractivity contribution in [3.05, 3.63) is 90.0 Å². The Balaban J connectivity index is 1.53. The SMILES string of the molecule is Cc1ccccc1OCCn1c(O)c(N=NC(=O)Cc2ccccc2)c2ccccc21. The molecule has 1 N–H and O–H groups in total. The largest absolute Gasteiger partial charge is 0.493 e. The third-order valence-corrected chi connectivity index (χ3v) is 5.04. The van der Waals surface area contributed by atoms with Gasteiger partial charge in [0.2, 0.25) is 5.88 Å². The summed E-state index contributed by atoms with van der Waals surface area (Å²) >= 11 is 0. The third-order valence-electron chi connectivity index (χ3n) is 5.04. The Bertz CT molecular complexity index is 1230. The van der Waals surface area contributed by atoms with E-state index in [1.807, 2.05) is 85.8 Å². The first-order valence-electron chi connectivity index (χ1n) is 10.1. The van der Waals surface area contributed by atoms with Crippen LogP contribution < -0.4 is 4.74 Å². The van der Waals surface area contributed by atoms with Crippen molar-refractivity contribution in [3.8, 4) is 11.6 Å². The van der Waals surface area contributed by atoms with Gasteiger partial charge in [-0.25, -0.2) is 0 Å². The highest BCUT2D eigenvalue weighted by Crippen LogP contribution is 2.38. The summed E-state index contributed by atoms with van der Waals surface area (Å²) in [6, 6.07) is 24.7. The Morgan fingerprint density at radius 1 is 0.968 bits per heavy atom. The second-order valence-electron chi connectivity index (χ2n) is 7.21. The predicted octanol–water partition coefficient (Wildman–Crippen LogP) is 5.59. The molecule has 0 saturated heterocycles. The predicted molar refractivity (Wildman–Crippen MR) is 120 cm³/mol. The van der Waals surface area contributed by atoms with Crippen LogP contribution in [0, 0.1) is 6.92 Å². The van der Waals surface area contributed by atoms with Crippen molar-refractivity contribution < 1.29 is 14.6 Å². The molecule has 0 fully saturated rings. The minimum absolute atomic E-state index is 0.0363. The number of para-hydroxylation sites is 2. The lowest BCUT2D eigenvalue weighted by Gasteiger charge is -2.11. The molecule has 3 aromatic carbocycles. The smallest absolute Gasteiger partial charge is 0.269 e. The molecule has 0 aliphatic rings. The van der Waals surface area contributed by atoms with Gasteiger partial charge in [-0.05, 0) is 30.2 Å². The highest BCUT2D eigenvalue weighted by molar-refractivity contribution is 5.95. The van der Waals surface area contributed by atoms with Gasteiger partial charge in [-0.3, -0.25) is 4.79 Å². The van der Waals surface area contributed by atoms with E-state index in [2.05, 4.69) is 10.2 Å². The molecule has 4 rings (SSSR count). The fourth-order valence-electron chi connectivity index (χ4n) is 3.47. The van der Waals surface area contributed by atoms with Crippen LogP contribution in [0.5, 0.6) is 11.6 Å². The third kappa shape index (κ3) is 4.64. The molecule has 0 bridgehead atoms. The summed E-state index contributed by atoms with van der Waals surface area (Å²) in [5.41, 5.74) is 3.01. The quantitative estimate of drug-likeness (QED) is 0.401. The second kappa shape index (κ2) is 9.26. The highest BCUT2D eigenvalue weighted by Gasteiger charge is 2.17. The molecule has 1 amide bonds. The van der Waals surface area contributed by atoms with Crippen molar-refractivity contribution in [2.24, 2.45) is 10.2 Å². The van der Waals surface area contributed by atoms with E-state index in [1.54, 1.807) is 4.57 Å². The molecule has 0 unspecified atom stereocenters. The number of rotatable bonds is 7. The van der Waals surface area contributed by atoms with Crippen molar-refractivity contribution in [1.82, 2.24) is 4.57 Å². The number of aryl methyl sites for hydroxylation is 1. The minimum Gasteiger partial charge on any atom is -0.493 e. The Morgan fingerprint density at radius 3 is 2.48 bits per heavy atom. The number of benzene rings is 3. The molecular formula is C25H23N3O3. The van der Waals surface area contributed by atoms with Gasteiger partial charge in [0.1, 0.15) is 12.4 Å². The average Bonchev–Trinajstić information content (AvgIpc) is 3.05. The monoisotopic (exact) mass is 413 g/mol. The lowest BCUT2D eigenvalue weighted by molar-refractivity contribution is -0.117. The number of fused-ring (bicyclic) bond motifs is 1.